The number of nitrogens with zero attached hydrogens (tertiary/aromatic N) is 4. The smallest absolute Gasteiger partial charge is 0.204 e. The van der Waals surface area contributed by atoms with Crippen LogP contribution in [0.15, 0.2) is 47.1 Å². The van der Waals surface area contributed by atoms with Crippen molar-refractivity contribution < 1.29 is 4.42 Å². The van der Waals surface area contributed by atoms with Crippen LogP contribution in [0.2, 0.25) is 0 Å². The summed E-state index contributed by atoms with van der Waals surface area (Å²) in [4.78, 5) is 2.44. The van der Waals surface area contributed by atoms with Gasteiger partial charge in [-0.3, -0.25) is 4.90 Å². The third-order valence-corrected chi connectivity index (χ3v) is 4.42. The topological polar surface area (TPSA) is 70.8 Å². The Kier molecular flexibility index (Phi) is 5.05. The van der Waals surface area contributed by atoms with E-state index in [4.69, 9.17) is 4.42 Å². The minimum atomic E-state index is 0.451. The van der Waals surface area contributed by atoms with Crippen molar-refractivity contribution in [3.05, 3.63) is 54.0 Å². The van der Waals surface area contributed by atoms with Gasteiger partial charge in [0, 0.05) is 18.2 Å². The predicted octanol–water partition coefficient (Wildman–Crippen LogP) is 3.51. The number of H-pyrrole nitrogens is 1. The molecule has 1 aromatic carbocycles. The number of aromatic nitrogens is 4. The number of furan rings is 1. The standard InChI is InChI=1S/C18H23N5O/c1-13(2)14(3)23(12-17-5-4-10-24-17)11-15-6-8-16(9-7-15)18-19-21-22-20-18/h4-10,13-14H,11-12H2,1-3H3,(H,19,20,21,22)/t14-/m0/s1. The zero-order valence-corrected chi connectivity index (χ0v) is 14.3. The molecule has 1 N–H and O–H groups in total. The van der Waals surface area contributed by atoms with E-state index in [9.17, 15) is 0 Å². The van der Waals surface area contributed by atoms with Gasteiger partial charge in [-0.2, -0.15) is 5.21 Å². The number of hydrogen-bond donors (Lipinski definition) is 1. The van der Waals surface area contributed by atoms with Crippen molar-refractivity contribution in [2.24, 2.45) is 5.92 Å². The fourth-order valence-electron chi connectivity index (χ4n) is 2.65. The van der Waals surface area contributed by atoms with Crippen LogP contribution in [0.5, 0.6) is 0 Å². The maximum absolute atomic E-state index is 5.53. The van der Waals surface area contributed by atoms with Gasteiger partial charge in [-0.15, -0.1) is 10.2 Å². The average molecular weight is 325 g/mol. The number of rotatable bonds is 7. The summed E-state index contributed by atoms with van der Waals surface area (Å²) in [6, 6.07) is 12.7. The first-order chi connectivity index (χ1) is 11.6. The summed E-state index contributed by atoms with van der Waals surface area (Å²) in [5.74, 6) is 2.18. The van der Waals surface area contributed by atoms with Crippen LogP contribution in [-0.4, -0.2) is 31.6 Å². The van der Waals surface area contributed by atoms with Crippen molar-refractivity contribution in [3.63, 3.8) is 0 Å². The number of tetrazole rings is 1. The number of nitrogens with one attached hydrogen (secondary N) is 1. The molecule has 0 amide bonds. The molecule has 0 saturated heterocycles. The van der Waals surface area contributed by atoms with Crippen molar-refractivity contribution in [1.29, 1.82) is 0 Å². The van der Waals surface area contributed by atoms with Crippen molar-refractivity contribution in [1.82, 2.24) is 25.5 Å². The van der Waals surface area contributed by atoms with Crippen LogP contribution in [0, 0.1) is 5.92 Å². The highest BCUT2D eigenvalue weighted by Gasteiger charge is 2.19. The third kappa shape index (κ3) is 3.89. The highest BCUT2D eigenvalue weighted by atomic mass is 16.3. The van der Waals surface area contributed by atoms with Crippen LogP contribution < -0.4 is 0 Å². The second-order valence-corrected chi connectivity index (χ2v) is 6.40. The zero-order valence-electron chi connectivity index (χ0n) is 14.3. The molecular formula is C18H23N5O. The van der Waals surface area contributed by atoms with E-state index in [0.29, 0.717) is 17.8 Å². The predicted molar refractivity (Wildman–Crippen MR) is 91.9 cm³/mol. The van der Waals surface area contributed by atoms with Crippen molar-refractivity contribution in [3.8, 4) is 11.4 Å². The third-order valence-electron chi connectivity index (χ3n) is 4.42. The molecule has 6 heteroatoms. The lowest BCUT2D eigenvalue weighted by molar-refractivity contribution is 0.140. The van der Waals surface area contributed by atoms with Gasteiger partial charge < -0.3 is 4.42 Å². The molecule has 2 heterocycles. The van der Waals surface area contributed by atoms with E-state index in [1.54, 1.807) is 6.26 Å². The molecule has 1 atom stereocenters. The summed E-state index contributed by atoms with van der Waals surface area (Å²) in [7, 11) is 0. The highest BCUT2D eigenvalue weighted by molar-refractivity contribution is 5.54. The van der Waals surface area contributed by atoms with Crippen LogP contribution in [-0.2, 0) is 13.1 Å². The lowest BCUT2D eigenvalue weighted by atomic mass is 10.0. The van der Waals surface area contributed by atoms with Crippen molar-refractivity contribution in [2.45, 2.75) is 39.9 Å². The second-order valence-electron chi connectivity index (χ2n) is 6.40. The van der Waals surface area contributed by atoms with Crippen LogP contribution in [0.4, 0.5) is 0 Å². The molecule has 0 spiro atoms. The molecule has 0 saturated carbocycles. The maximum atomic E-state index is 5.53. The van der Waals surface area contributed by atoms with E-state index >= 15 is 0 Å². The summed E-state index contributed by atoms with van der Waals surface area (Å²) in [5.41, 5.74) is 2.21. The monoisotopic (exact) mass is 325 g/mol. The van der Waals surface area contributed by atoms with Crippen LogP contribution >= 0.6 is 0 Å². The van der Waals surface area contributed by atoms with Gasteiger partial charge in [0.15, 0.2) is 0 Å². The second kappa shape index (κ2) is 7.40. The highest BCUT2D eigenvalue weighted by Crippen LogP contribution is 2.20. The Morgan fingerprint density at radius 1 is 1.08 bits per heavy atom. The number of hydrogen-bond acceptors (Lipinski definition) is 5. The average Bonchev–Trinajstić information content (AvgIpc) is 3.28. The summed E-state index contributed by atoms with van der Waals surface area (Å²) >= 11 is 0. The summed E-state index contributed by atoms with van der Waals surface area (Å²) < 4.78 is 5.53. The van der Waals surface area contributed by atoms with Gasteiger partial charge in [-0.25, -0.2) is 0 Å². The molecule has 0 unspecified atom stereocenters. The molecule has 3 aromatic rings. The minimum absolute atomic E-state index is 0.451. The molecule has 24 heavy (non-hydrogen) atoms. The van der Waals surface area contributed by atoms with Crippen LogP contribution in [0.1, 0.15) is 32.1 Å². The molecule has 2 aromatic heterocycles. The Labute approximate surface area is 141 Å². The zero-order chi connectivity index (χ0) is 16.9. The molecule has 126 valence electrons. The van der Waals surface area contributed by atoms with Gasteiger partial charge in [0.25, 0.3) is 0 Å². The molecule has 0 fully saturated rings. The van der Waals surface area contributed by atoms with Gasteiger partial charge in [0.05, 0.1) is 12.8 Å². The van der Waals surface area contributed by atoms with E-state index in [0.717, 1.165) is 24.4 Å². The maximum Gasteiger partial charge on any atom is 0.204 e. The van der Waals surface area contributed by atoms with E-state index in [-0.39, 0.29) is 0 Å². The lowest BCUT2D eigenvalue weighted by Gasteiger charge is -2.31. The molecule has 0 aliphatic rings. The fraction of sp³-hybridized carbons (Fsp3) is 0.389. The van der Waals surface area contributed by atoms with E-state index in [2.05, 4.69) is 58.4 Å². The van der Waals surface area contributed by atoms with E-state index < -0.39 is 0 Å². The van der Waals surface area contributed by atoms with Gasteiger partial charge in [-0.1, -0.05) is 38.1 Å². The van der Waals surface area contributed by atoms with Gasteiger partial charge >= 0.3 is 0 Å². The van der Waals surface area contributed by atoms with Crippen molar-refractivity contribution >= 4 is 0 Å². The normalized spacial score (nSPS) is 12.9. The van der Waals surface area contributed by atoms with E-state index in [1.807, 2.05) is 24.3 Å². The first-order valence-electron chi connectivity index (χ1n) is 8.22. The molecule has 0 radical (unpaired) electrons. The lowest BCUT2D eigenvalue weighted by Crippen LogP contribution is -2.35. The van der Waals surface area contributed by atoms with Gasteiger partial charge in [0.2, 0.25) is 5.82 Å². The largest absolute Gasteiger partial charge is 0.468 e. The Bertz CT molecular complexity index is 719. The minimum Gasteiger partial charge on any atom is -0.468 e. The summed E-state index contributed by atoms with van der Waals surface area (Å²) in [5, 5.41) is 14.1. The van der Waals surface area contributed by atoms with Gasteiger partial charge in [0.1, 0.15) is 5.76 Å². The molecule has 0 aliphatic heterocycles. The Morgan fingerprint density at radius 2 is 1.88 bits per heavy atom. The number of aromatic amines is 1. The molecule has 3 rings (SSSR count). The van der Waals surface area contributed by atoms with Gasteiger partial charge in [-0.05, 0) is 35.8 Å². The quantitative estimate of drug-likeness (QED) is 0.720. The summed E-state index contributed by atoms with van der Waals surface area (Å²) in [6.07, 6.45) is 1.73. The SMILES string of the molecule is CC(C)[C@H](C)N(Cc1ccc(-c2nn[nH]n2)cc1)Cc1ccco1. The number of benzene rings is 1. The van der Waals surface area contributed by atoms with Crippen molar-refractivity contribution in [2.75, 3.05) is 0 Å². The Balaban J connectivity index is 1.74. The first kappa shape index (κ1) is 16.4. The molecular weight excluding hydrogens is 302 g/mol. The molecule has 0 bridgehead atoms. The first-order valence-corrected chi connectivity index (χ1v) is 8.22. The molecule has 6 nitrogen and oxygen atoms in total. The van der Waals surface area contributed by atoms with E-state index in [1.165, 1.54) is 5.56 Å². The van der Waals surface area contributed by atoms with Crippen LogP contribution in [0.25, 0.3) is 11.4 Å². The Morgan fingerprint density at radius 3 is 2.46 bits per heavy atom. The fourth-order valence-corrected chi connectivity index (χ4v) is 2.65. The Hall–Kier alpha value is -2.47. The van der Waals surface area contributed by atoms with Crippen LogP contribution in [0.3, 0.4) is 0 Å². The summed E-state index contributed by atoms with van der Waals surface area (Å²) in [6.45, 7) is 8.44. The molecule has 0 aliphatic carbocycles.